The Hall–Kier alpha value is -3.17. The molecule has 2 heterocycles. The fourth-order valence-electron chi connectivity index (χ4n) is 3.33. The Morgan fingerprint density at radius 2 is 1.97 bits per heavy atom. The van der Waals surface area contributed by atoms with E-state index in [4.69, 9.17) is 0 Å². The van der Waals surface area contributed by atoms with E-state index in [1.54, 1.807) is 23.4 Å². The van der Waals surface area contributed by atoms with Crippen LogP contribution in [-0.4, -0.2) is 28.9 Å². The van der Waals surface area contributed by atoms with Gasteiger partial charge in [0.05, 0.1) is 22.4 Å². The van der Waals surface area contributed by atoms with Gasteiger partial charge in [0, 0.05) is 31.3 Å². The van der Waals surface area contributed by atoms with Gasteiger partial charge < -0.3 is 10.2 Å². The topological polar surface area (TPSA) is 88.4 Å². The summed E-state index contributed by atoms with van der Waals surface area (Å²) in [6, 6.07) is 4.30. The molecule has 1 fully saturated rings. The summed E-state index contributed by atoms with van der Waals surface area (Å²) in [6.45, 7) is 2.51. The van der Waals surface area contributed by atoms with Gasteiger partial charge in [-0.15, -0.1) is 0 Å². The molecule has 0 spiro atoms. The standard InChI is InChI=1S/C19H19F3N4O3/c1-12-4-7-23-11-15(12)24-18(27)13-5-8-25(9-6-13)16-3-2-14(19(20,21)22)10-17(16)26(28)29/h2-4,7,10-11,13H,5-6,8-9H2,1H3,(H,24,27). The van der Waals surface area contributed by atoms with E-state index >= 15 is 0 Å². The third-order valence-corrected chi connectivity index (χ3v) is 5.00. The third-order valence-electron chi connectivity index (χ3n) is 5.00. The number of benzene rings is 1. The molecule has 0 bridgehead atoms. The number of nitro groups is 1. The lowest BCUT2D eigenvalue weighted by Gasteiger charge is -2.32. The van der Waals surface area contributed by atoms with Crippen LogP contribution in [0.1, 0.15) is 24.0 Å². The van der Waals surface area contributed by atoms with Crippen molar-refractivity contribution in [1.29, 1.82) is 0 Å². The quantitative estimate of drug-likeness (QED) is 0.606. The molecule has 0 atom stereocenters. The number of anilines is 2. The molecule has 1 saturated heterocycles. The minimum absolute atomic E-state index is 0.130. The number of nitro benzene ring substituents is 1. The van der Waals surface area contributed by atoms with Gasteiger partial charge in [0.25, 0.3) is 5.69 Å². The summed E-state index contributed by atoms with van der Waals surface area (Å²) in [4.78, 5) is 28.6. The highest BCUT2D eigenvalue weighted by molar-refractivity contribution is 5.93. The van der Waals surface area contributed by atoms with E-state index in [9.17, 15) is 28.1 Å². The molecule has 1 aliphatic heterocycles. The normalized spacial score (nSPS) is 15.2. The molecule has 2 aromatic rings. The van der Waals surface area contributed by atoms with Crippen LogP contribution in [0.15, 0.2) is 36.7 Å². The zero-order valence-electron chi connectivity index (χ0n) is 15.6. The van der Waals surface area contributed by atoms with Gasteiger partial charge in [0.1, 0.15) is 5.69 Å². The van der Waals surface area contributed by atoms with E-state index in [1.165, 1.54) is 0 Å². The molecular weight excluding hydrogens is 389 g/mol. The molecule has 0 radical (unpaired) electrons. The first-order valence-electron chi connectivity index (χ1n) is 8.99. The maximum absolute atomic E-state index is 12.9. The number of aromatic nitrogens is 1. The summed E-state index contributed by atoms with van der Waals surface area (Å²) >= 11 is 0. The number of alkyl halides is 3. The zero-order chi connectivity index (χ0) is 21.2. The van der Waals surface area contributed by atoms with E-state index in [2.05, 4.69) is 10.3 Å². The molecule has 3 rings (SSSR count). The van der Waals surface area contributed by atoms with Gasteiger partial charge in [-0.2, -0.15) is 13.2 Å². The Morgan fingerprint density at radius 1 is 1.28 bits per heavy atom. The third kappa shape index (κ3) is 4.64. The van der Waals surface area contributed by atoms with Crippen LogP contribution >= 0.6 is 0 Å². The minimum Gasteiger partial charge on any atom is -0.366 e. The van der Waals surface area contributed by atoms with Crippen molar-refractivity contribution in [3.63, 3.8) is 0 Å². The SMILES string of the molecule is Cc1ccncc1NC(=O)C1CCN(c2ccc(C(F)(F)F)cc2[N+](=O)[O-])CC1. The van der Waals surface area contributed by atoms with Crippen LogP contribution in [0.25, 0.3) is 0 Å². The van der Waals surface area contributed by atoms with Crippen LogP contribution in [0.2, 0.25) is 0 Å². The molecular formula is C19H19F3N4O3. The number of nitrogens with zero attached hydrogens (tertiary/aromatic N) is 3. The van der Waals surface area contributed by atoms with Crippen molar-refractivity contribution in [3.05, 3.63) is 57.9 Å². The summed E-state index contributed by atoms with van der Waals surface area (Å²) in [6.07, 6.45) is -0.597. The van der Waals surface area contributed by atoms with E-state index in [-0.39, 0.29) is 17.5 Å². The first-order valence-corrected chi connectivity index (χ1v) is 8.99. The van der Waals surface area contributed by atoms with Crippen LogP contribution in [0.4, 0.5) is 30.2 Å². The molecule has 0 unspecified atom stereocenters. The fourth-order valence-corrected chi connectivity index (χ4v) is 3.33. The van der Waals surface area contributed by atoms with Gasteiger partial charge in [0.15, 0.2) is 0 Å². The molecule has 1 aromatic carbocycles. The highest BCUT2D eigenvalue weighted by Crippen LogP contribution is 2.37. The predicted octanol–water partition coefficient (Wildman–Crippen LogP) is 4.17. The van der Waals surface area contributed by atoms with Crippen molar-refractivity contribution in [2.45, 2.75) is 25.9 Å². The molecule has 1 aliphatic rings. The molecule has 10 heteroatoms. The number of hydrogen-bond donors (Lipinski definition) is 1. The Morgan fingerprint density at radius 3 is 2.55 bits per heavy atom. The number of carbonyl (C=O) groups is 1. The first kappa shape index (κ1) is 20.6. The molecule has 154 valence electrons. The fraction of sp³-hybridized carbons (Fsp3) is 0.368. The Kier molecular flexibility index (Phi) is 5.71. The van der Waals surface area contributed by atoms with E-state index < -0.39 is 22.4 Å². The molecule has 1 amide bonds. The lowest BCUT2D eigenvalue weighted by atomic mass is 9.95. The van der Waals surface area contributed by atoms with E-state index in [0.29, 0.717) is 37.7 Å². The highest BCUT2D eigenvalue weighted by atomic mass is 19.4. The predicted molar refractivity (Wildman–Crippen MR) is 101 cm³/mol. The number of carbonyl (C=O) groups excluding carboxylic acids is 1. The van der Waals surface area contributed by atoms with Crippen molar-refractivity contribution in [1.82, 2.24) is 4.98 Å². The lowest BCUT2D eigenvalue weighted by molar-refractivity contribution is -0.384. The zero-order valence-corrected chi connectivity index (χ0v) is 15.6. The van der Waals surface area contributed by atoms with Crippen molar-refractivity contribution in [2.75, 3.05) is 23.3 Å². The van der Waals surface area contributed by atoms with Crippen molar-refractivity contribution in [2.24, 2.45) is 5.92 Å². The van der Waals surface area contributed by atoms with E-state index in [1.807, 2.05) is 6.92 Å². The second-order valence-corrected chi connectivity index (χ2v) is 6.90. The highest BCUT2D eigenvalue weighted by Gasteiger charge is 2.35. The maximum atomic E-state index is 12.9. The van der Waals surface area contributed by atoms with Gasteiger partial charge >= 0.3 is 6.18 Å². The smallest absolute Gasteiger partial charge is 0.366 e. The second kappa shape index (κ2) is 8.06. The summed E-state index contributed by atoms with van der Waals surface area (Å²) in [5.41, 5.74) is -0.0165. The molecule has 0 aliphatic carbocycles. The molecule has 1 N–H and O–H groups in total. The molecule has 29 heavy (non-hydrogen) atoms. The number of nitrogens with one attached hydrogen (secondary N) is 1. The van der Waals surface area contributed by atoms with Gasteiger partial charge in [-0.3, -0.25) is 19.9 Å². The number of halogens is 3. The average Bonchev–Trinajstić information content (AvgIpc) is 2.68. The van der Waals surface area contributed by atoms with Gasteiger partial charge in [0.2, 0.25) is 5.91 Å². The number of amides is 1. The van der Waals surface area contributed by atoms with Crippen LogP contribution in [0.5, 0.6) is 0 Å². The second-order valence-electron chi connectivity index (χ2n) is 6.90. The Balaban J connectivity index is 1.70. The van der Waals surface area contributed by atoms with Crippen LogP contribution in [0.3, 0.4) is 0 Å². The van der Waals surface area contributed by atoms with Crippen molar-refractivity contribution >= 4 is 23.0 Å². The molecule has 7 nitrogen and oxygen atoms in total. The number of rotatable bonds is 4. The van der Waals surface area contributed by atoms with Crippen LogP contribution < -0.4 is 10.2 Å². The van der Waals surface area contributed by atoms with Gasteiger partial charge in [-0.1, -0.05) is 0 Å². The Labute approximate surface area is 164 Å². The van der Waals surface area contributed by atoms with Gasteiger partial charge in [-0.25, -0.2) is 0 Å². The van der Waals surface area contributed by atoms with E-state index in [0.717, 1.165) is 17.7 Å². The van der Waals surface area contributed by atoms with Crippen molar-refractivity contribution in [3.8, 4) is 0 Å². The summed E-state index contributed by atoms with van der Waals surface area (Å²) in [7, 11) is 0. The number of pyridine rings is 1. The first-order chi connectivity index (χ1) is 13.7. The number of hydrogen-bond acceptors (Lipinski definition) is 5. The number of aryl methyl sites for hydroxylation is 1. The van der Waals surface area contributed by atoms with Gasteiger partial charge in [-0.05, 0) is 43.5 Å². The monoisotopic (exact) mass is 408 g/mol. The lowest BCUT2D eigenvalue weighted by Crippen LogP contribution is -2.38. The molecule has 1 aromatic heterocycles. The summed E-state index contributed by atoms with van der Waals surface area (Å²) in [5, 5.41) is 14.1. The van der Waals surface area contributed by atoms with Crippen molar-refractivity contribution < 1.29 is 22.9 Å². The summed E-state index contributed by atoms with van der Waals surface area (Å²) < 4.78 is 38.6. The largest absolute Gasteiger partial charge is 0.416 e. The maximum Gasteiger partial charge on any atom is 0.416 e. The minimum atomic E-state index is -4.65. The van der Waals surface area contributed by atoms with Crippen LogP contribution in [-0.2, 0) is 11.0 Å². The summed E-state index contributed by atoms with van der Waals surface area (Å²) in [5.74, 6) is -0.456. The average molecular weight is 408 g/mol. The number of piperidine rings is 1. The van der Waals surface area contributed by atoms with Crippen LogP contribution in [0, 0.1) is 23.0 Å². The Bertz CT molecular complexity index is 925. The molecule has 0 saturated carbocycles.